The van der Waals surface area contributed by atoms with Gasteiger partial charge in [0.15, 0.2) is 15.1 Å². The molecule has 1 atom stereocenters. The van der Waals surface area contributed by atoms with Gasteiger partial charge in [0.1, 0.15) is 0 Å². The van der Waals surface area contributed by atoms with Crippen LogP contribution in [0.3, 0.4) is 0 Å². The highest BCUT2D eigenvalue weighted by Gasteiger charge is 2.34. The molecule has 0 aliphatic carbocycles. The van der Waals surface area contributed by atoms with E-state index in [1.165, 1.54) is 15.6 Å². The van der Waals surface area contributed by atoms with E-state index in [4.69, 9.17) is 11.6 Å². The predicted molar refractivity (Wildman–Crippen MR) is 83.5 cm³/mol. The first-order chi connectivity index (χ1) is 9.91. The summed E-state index contributed by atoms with van der Waals surface area (Å²) in [7, 11) is -0.0284. The zero-order valence-electron chi connectivity index (χ0n) is 11.9. The number of rotatable bonds is 3. The highest BCUT2D eigenvalue weighted by atomic mass is 35.5. The first-order valence-corrected chi connectivity index (χ1v) is 9.38. The Morgan fingerprint density at radius 1 is 1.52 bits per heavy atom. The summed E-state index contributed by atoms with van der Waals surface area (Å²) in [4.78, 5) is 6.85. The minimum Gasteiger partial charge on any atom is -0.305 e. The molecule has 1 saturated heterocycles. The third-order valence-electron chi connectivity index (χ3n) is 3.92. The van der Waals surface area contributed by atoms with Crippen LogP contribution in [0.4, 0.5) is 0 Å². The lowest BCUT2D eigenvalue weighted by atomic mass is 10.1. The zero-order chi connectivity index (χ0) is 15.2. The van der Waals surface area contributed by atoms with Crippen molar-refractivity contribution < 1.29 is 8.42 Å². The molecule has 2 aromatic rings. The number of imidazole rings is 1. The van der Waals surface area contributed by atoms with Gasteiger partial charge in [0, 0.05) is 31.2 Å². The van der Waals surface area contributed by atoms with Crippen molar-refractivity contribution in [3.8, 4) is 0 Å². The summed E-state index contributed by atoms with van der Waals surface area (Å²) in [5.74, 6) is 0. The second-order valence-electron chi connectivity index (χ2n) is 5.34. The Morgan fingerprint density at radius 3 is 3.00 bits per heavy atom. The van der Waals surface area contributed by atoms with Crippen LogP contribution in [-0.2, 0) is 10.0 Å². The molecule has 0 amide bonds. The van der Waals surface area contributed by atoms with Crippen molar-refractivity contribution in [3.05, 3.63) is 16.7 Å². The number of halogens is 1. The van der Waals surface area contributed by atoms with Gasteiger partial charge in [0.25, 0.3) is 10.0 Å². The maximum absolute atomic E-state index is 12.9. The van der Waals surface area contributed by atoms with Crippen LogP contribution in [-0.4, -0.2) is 60.2 Å². The zero-order valence-corrected chi connectivity index (χ0v) is 14.2. The molecule has 0 N–H and O–H groups in total. The number of hydrogen-bond donors (Lipinski definition) is 0. The quantitative estimate of drug-likeness (QED) is 0.848. The number of sulfonamides is 1. The first-order valence-electron chi connectivity index (χ1n) is 6.69. The molecule has 1 fully saturated rings. The monoisotopic (exact) mass is 348 g/mol. The molecular weight excluding hydrogens is 332 g/mol. The molecule has 6 nitrogen and oxygen atoms in total. The van der Waals surface area contributed by atoms with Gasteiger partial charge in [0.2, 0.25) is 0 Å². The van der Waals surface area contributed by atoms with Gasteiger partial charge >= 0.3 is 0 Å². The van der Waals surface area contributed by atoms with E-state index in [-0.39, 0.29) is 16.2 Å². The summed E-state index contributed by atoms with van der Waals surface area (Å²) >= 11 is 7.43. The van der Waals surface area contributed by atoms with Gasteiger partial charge in [-0.1, -0.05) is 11.6 Å². The van der Waals surface area contributed by atoms with Crippen LogP contribution in [0.2, 0.25) is 5.15 Å². The standard InChI is InChI=1S/C12H17ClN4O2S2/c1-15-5-3-4-9(8-15)16(2)21(18,19)11-10(13)14-12-17(11)6-7-20-12/h6-7,9H,3-5,8H2,1-2H3. The van der Waals surface area contributed by atoms with Gasteiger partial charge in [-0.2, -0.15) is 4.31 Å². The minimum absolute atomic E-state index is 0.0333. The van der Waals surface area contributed by atoms with E-state index in [2.05, 4.69) is 9.88 Å². The van der Waals surface area contributed by atoms with Gasteiger partial charge in [-0.3, -0.25) is 4.40 Å². The van der Waals surface area contributed by atoms with Crippen LogP contribution in [0.1, 0.15) is 12.8 Å². The van der Waals surface area contributed by atoms with Gasteiger partial charge in [-0.15, -0.1) is 11.3 Å². The molecule has 0 bridgehead atoms. The summed E-state index contributed by atoms with van der Waals surface area (Å²) in [5.41, 5.74) is 0. The number of piperidine rings is 1. The lowest BCUT2D eigenvalue weighted by Crippen LogP contribution is -2.47. The van der Waals surface area contributed by atoms with E-state index in [1.807, 2.05) is 7.05 Å². The molecular formula is C12H17ClN4O2S2. The largest absolute Gasteiger partial charge is 0.305 e. The molecule has 9 heteroatoms. The van der Waals surface area contributed by atoms with Crippen LogP contribution < -0.4 is 0 Å². The molecule has 0 aromatic carbocycles. The Hall–Kier alpha value is -0.670. The molecule has 1 unspecified atom stereocenters. The highest BCUT2D eigenvalue weighted by molar-refractivity contribution is 7.89. The second-order valence-corrected chi connectivity index (χ2v) is 8.49. The third kappa shape index (κ3) is 2.59. The molecule has 1 aliphatic heterocycles. The normalized spacial score (nSPS) is 21.4. The molecule has 3 rings (SSSR count). The van der Waals surface area contributed by atoms with Gasteiger partial charge in [-0.25, -0.2) is 13.4 Å². The number of nitrogens with zero attached hydrogens (tertiary/aromatic N) is 4. The number of thiazole rings is 1. The minimum atomic E-state index is -3.66. The number of aromatic nitrogens is 2. The van der Waals surface area contributed by atoms with Crippen molar-refractivity contribution in [2.24, 2.45) is 0 Å². The van der Waals surface area contributed by atoms with Crippen molar-refractivity contribution >= 4 is 37.9 Å². The maximum atomic E-state index is 12.9. The molecule has 0 radical (unpaired) electrons. The van der Waals surface area contributed by atoms with Gasteiger partial charge < -0.3 is 4.90 Å². The van der Waals surface area contributed by atoms with Crippen LogP contribution in [0.15, 0.2) is 16.6 Å². The van der Waals surface area contributed by atoms with Gasteiger partial charge in [0.05, 0.1) is 0 Å². The van der Waals surface area contributed by atoms with Crippen LogP contribution >= 0.6 is 22.9 Å². The van der Waals surface area contributed by atoms with Crippen molar-refractivity contribution in [2.45, 2.75) is 23.9 Å². The Bertz CT molecular complexity index is 754. The fraction of sp³-hybridized carbons (Fsp3) is 0.583. The number of fused-ring (bicyclic) bond motifs is 1. The highest BCUT2D eigenvalue weighted by Crippen LogP contribution is 2.29. The average Bonchev–Trinajstić information content (AvgIpc) is 2.97. The maximum Gasteiger partial charge on any atom is 0.262 e. The molecule has 2 aromatic heterocycles. The van der Waals surface area contributed by atoms with Crippen LogP contribution in [0.25, 0.3) is 4.96 Å². The molecule has 1 aliphatic rings. The van der Waals surface area contributed by atoms with E-state index >= 15 is 0 Å². The van der Waals surface area contributed by atoms with E-state index in [0.717, 1.165) is 25.9 Å². The van der Waals surface area contributed by atoms with E-state index in [9.17, 15) is 8.42 Å². The van der Waals surface area contributed by atoms with Crippen LogP contribution in [0.5, 0.6) is 0 Å². The van der Waals surface area contributed by atoms with Crippen molar-refractivity contribution in [3.63, 3.8) is 0 Å². The van der Waals surface area contributed by atoms with Gasteiger partial charge in [-0.05, 0) is 26.4 Å². The van der Waals surface area contributed by atoms with E-state index in [0.29, 0.717) is 4.96 Å². The Morgan fingerprint density at radius 2 is 2.29 bits per heavy atom. The smallest absolute Gasteiger partial charge is 0.262 e. The average molecular weight is 349 g/mol. The predicted octanol–water partition coefficient (Wildman–Crippen LogP) is 1.76. The summed E-state index contributed by atoms with van der Waals surface area (Å²) in [6.07, 6.45) is 3.55. The lowest BCUT2D eigenvalue weighted by molar-refractivity contribution is 0.187. The Balaban J connectivity index is 1.99. The summed E-state index contributed by atoms with van der Waals surface area (Å²) in [6.45, 7) is 1.74. The molecule has 116 valence electrons. The fourth-order valence-corrected chi connectivity index (χ4v) is 5.52. The number of likely N-dealkylation sites (N-methyl/N-ethyl adjacent to an activating group) is 2. The SMILES string of the molecule is CN1CCCC(N(C)S(=O)(=O)c2c(Cl)nc3sccn23)C1. The fourth-order valence-electron chi connectivity index (χ4n) is 2.74. The summed E-state index contributed by atoms with van der Waals surface area (Å²) < 4.78 is 28.8. The molecule has 0 saturated carbocycles. The van der Waals surface area contributed by atoms with Crippen LogP contribution in [0, 0.1) is 0 Å². The molecule has 21 heavy (non-hydrogen) atoms. The second kappa shape index (κ2) is 5.51. The third-order valence-corrected chi connectivity index (χ3v) is 6.98. The lowest BCUT2D eigenvalue weighted by Gasteiger charge is -2.34. The Kier molecular flexibility index (Phi) is 4.00. The van der Waals surface area contributed by atoms with Crippen molar-refractivity contribution in [2.75, 3.05) is 27.2 Å². The summed E-state index contributed by atoms with van der Waals surface area (Å²) in [6, 6.07) is -0.0333. The van der Waals surface area contributed by atoms with E-state index in [1.54, 1.807) is 23.0 Å². The molecule has 3 heterocycles. The molecule has 0 spiro atoms. The summed E-state index contributed by atoms with van der Waals surface area (Å²) in [5, 5.41) is 1.90. The van der Waals surface area contributed by atoms with Crippen molar-refractivity contribution in [1.29, 1.82) is 0 Å². The first kappa shape index (κ1) is 15.2. The van der Waals surface area contributed by atoms with Crippen molar-refractivity contribution in [1.82, 2.24) is 18.6 Å². The van der Waals surface area contributed by atoms with E-state index < -0.39 is 10.0 Å². The Labute approximate surface area is 133 Å². The number of likely N-dealkylation sites (tertiary alicyclic amines) is 1. The topological polar surface area (TPSA) is 57.9 Å². The number of hydrogen-bond acceptors (Lipinski definition) is 5.